The normalized spacial score (nSPS) is 9.80. The lowest BCUT2D eigenvalue weighted by Crippen LogP contribution is -2.03. The van der Waals surface area contributed by atoms with Gasteiger partial charge in [0.25, 0.3) is 0 Å². The molecule has 0 bridgehead atoms. The zero-order valence-electron chi connectivity index (χ0n) is 5.40. The van der Waals surface area contributed by atoms with Crippen molar-refractivity contribution in [1.29, 1.82) is 0 Å². The standard InChI is InChI=1S/C5H7N3OS/c1-8-4(5(9)10)3(6)2-7-8/h2H,6H2,1H3,(H,9,10). The molecule has 1 aromatic heterocycles. The lowest BCUT2D eigenvalue weighted by molar-refractivity contribution is 0.108. The van der Waals surface area contributed by atoms with Crippen molar-refractivity contribution in [1.82, 2.24) is 9.78 Å². The van der Waals surface area contributed by atoms with E-state index in [4.69, 9.17) is 5.73 Å². The third-order valence-electron chi connectivity index (χ3n) is 1.17. The third kappa shape index (κ3) is 0.995. The summed E-state index contributed by atoms with van der Waals surface area (Å²) in [5, 5.41) is 3.40. The number of thiol groups is 1. The zero-order chi connectivity index (χ0) is 7.72. The molecule has 0 unspecified atom stereocenters. The first-order chi connectivity index (χ1) is 4.63. The minimum Gasteiger partial charge on any atom is -0.396 e. The van der Waals surface area contributed by atoms with Crippen molar-refractivity contribution in [3.8, 4) is 0 Å². The first-order valence-corrected chi connectivity index (χ1v) is 3.08. The largest absolute Gasteiger partial charge is 0.396 e. The van der Waals surface area contributed by atoms with E-state index in [0.717, 1.165) is 0 Å². The highest BCUT2D eigenvalue weighted by Crippen LogP contribution is 2.10. The number of nitrogens with two attached hydrogens (primary N) is 1. The topological polar surface area (TPSA) is 60.9 Å². The predicted molar refractivity (Wildman–Crippen MR) is 40.9 cm³/mol. The molecule has 0 aromatic carbocycles. The maximum atomic E-state index is 10.7. The summed E-state index contributed by atoms with van der Waals surface area (Å²) in [6.45, 7) is 0. The molecular formula is C5H7N3OS. The van der Waals surface area contributed by atoms with Gasteiger partial charge in [-0.25, -0.2) is 0 Å². The van der Waals surface area contributed by atoms with Crippen LogP contribution >= 0.6 is 12.6 Å². The van der Waals surface area contributed by atoms with Crippen LogP contribution in [0.15, 0.2) is 6.20 Å². The van der Waals surface area contributed by atoms with E-state index < -0.39 is 0 Å². The number of hydrogen-bond acceptors (Lipinski definition) is 3. The van der Waals surface area contributed by atoms with E-state index in [1.54, 1.807) is 7.05 Å². The fourth-order valence-electron chi connectivity index (χ4n) is 0.716. The molecule has 0 radical (unpaired) electrons. The molecule has 1 aromatic rings. The van der Waals surface area contributed by atoms with Crippen LogP contribution in [0.25, 0.3) is 0 Å². The fourth-order valence-corrected chi connectivity index (χ4v) is 0.990. The molecule has 54 valence electrons. The van der Waals surface area contributed by atoms with Gasteiger partial charge in [-0.3, -0.25) is 9.48 Å². The van der Waals surface area contributed by atoms with Crippen molar-refractivity contribution < 1.29 is 4.79 Å². The summed E-state index contributed by atoms with van der Waals surface area (Å²) in [6, 6.07) is 0. The number of hydrogen-bond donors (Lipinski definition) is 2. The van der Waals surface area contributed by atoms with E-state index >= 15 is 0 Å². The lowest BCUT2D eigenvalue weighted by Gasteiger charge is -1.94. The number of anilines is 1. The molecule has 0 atom stereocenters. The Bertz CT molecular complexity index is 248. The second-order valence-corrected chi connectivity index (χ2v) is 2.28. The second kappa shape index (κ2) is 2.34. The molecule has 0 fully saturated rings. The Kier molecular flexibility index (Phi) is 1.67. The molecule has 2 N–H and O–H groups in total. The van der Waals surface area contributed by atoms with Crippen LogP contribution in [0.4, 0.5) is 5.69 Å². The Morgan fingerprint density at radius 3 is 2.70 bits per heavy atom. The molecule has 0 aliphatic rings. The second-order valence-electron chi connectivity index (χ2n) is 1.88. The lowest BCUT2D eigenvalue weighted by atomic mass is 10.4. The van der Waals surface area contributed by atoms with Gasteiger partial charge in [-0.1, -0.05) is 12.6 Å². The predicted octanol–water partition coefficient (Wildman–Crippen LogP) is 0.0723. The summed E-state index contributed by atoms with van der Waals surface area (Å²) >= 11 is 3.61. The number of aromatic nitrogens is 2. The monoisotopic (exact) mass is 157 g/mol. The highest BCUT2D eigenvalue weighted by molar-refractivity contribution is 7.97. The SMILES string of the molecule is Cn1ncc(N)c1C(=O)S. The van der Waals surface area contributed by atoms with Gasteiger partial charge in [0, 0.05) is 7.05 Å². The molecule has 0 aliphatic heterocycles. The number of rotatable bonds is 1. The molecule has 0 saturated carbocycles. The number of nitrogens with zero attached hydrogens (tertiary/aromatic N) is 2. The first-order valence-electron chi connectivity index (χ1n) is 2.63. The van der Waals surface area contributed by atoms with Gasteiger partial charge < -0.3 is 5.73 Å². The molecule has 10 heavy (non-hydrogen) atoms. The molecule has 0 aliphatic carbocycles. The van der Waals surface area contributed by atoms with Crippen LogP contribution in [0.3, 0.4) is 0 Å². The molecule has 0 saturated heterocycles. The van der Waals surface area contributed by atoms with Crippen LogP contribution in [0.5, 0.6) is 0 Å². The summed E-state index contributed by atoms with van der Waals surface area (Å²) in [6.07, 6.45) is 1.42. The van der Waals surface area contributed by atoms with Crippen LogP contribution in [0.1, 0.15) is 10.5 Å². The minimum absolute atomic E-state index is 0.336. The van der Waals surface area contributed by atoms with Crippen LogP contribution in [-0.4, -0.2) is 14.9 Å². The minimum atomic E-state index is -0.363. The molecule has 5 heteroatoms. The van der Waals surface area contributed by atoms with Gasteiger partial charge in [-0.15, -0.1) is 0 Å². The summed E-state index contributed by atoms with van der Waals surface area (Å²) in [7, 11) is 1.64. The van der Waals surface area contributed by atoms with Crippen LogP contribution in [0, 0.1) is 0 Å². The summed E-state index contributed by atoms with van der Waals surface area (Å²) in [5.41, 5.74) is 6.09. The van der Waals surface area contributed by atoms with Crippen molar-refractivity contribution in [3.63, 3.8) is 0 Å². The number of nitrogen functional groups attached to an aromatic ring is 1. The maximum Gasteiger partial charge on any atom is 0.236 e. The highest BCUT2D eigenvalue weighted by atomic mass is 32.1. The van der Waals surface area contributed by atoms with Crippen molar-refractivity contribution in [3.05, 3.63) is 11.9 Å². The average Bonchev–Trinajstić information content (AvgIpc) is 2.11. The molecule has 0 amide bonds. The Labute approximate surface area is 63.4 Å². The van der Waals surface area contributed by atoms with Crippen LogP contribution in [0.2, 0.25) is 0 Å². The van der Waals surface area contributed by atoms with Crippen molar-refractivity contribution in [2.45, 2.75) is 0 Å². The maximum absolute atomic E-state index is 10.7. The van der Waals surface area contributed by atoms with Crippen LogP contribution < -0.4 is 5.73 Å². The van der Waals surface area contributed by atoms with Gasteiger partial charge in [-0.05, 0) is 0 Å². The van der Waals surface area contributed by atoms with Gasteiger partial charge in [0.15, 0.2) is 0 Å². The summed E-state index contributed by atoms with van der Waals surface area (Å²) in [4.78, 5) is 10.7. The quantitative estimate of drug-likeness (QED) is 0.567. The van der Waals surface area contributed by atoms with Crippen molar-refractivity contribution in [2.75, 3.05) is 5.73 Å². The molecular weight excluding hydrogens is 150 g/mol. The van der Waals surface area contributed by atoms with Crippen LogP contribution in [-0.2, 0) is 7.05 Å². The van der Waals surface area contributed by atoms with E-state index in [0.29, 0.717) is 11.4 Å². The number of carbonyl (C=O) groups is 1. The average molecular weight is 157 g/mol. The molecule has 1 rings (SSSR count). The van der Waals surface area contributed by atoms with Crippen molar-refractivity contribution in [2.24, 2.45) is 7.05 Å². The van der Waals surface area contributed by atoms with Gasteiger partial charge in [0.2, 0.25) is 5.12 Å². The number of aryl methyl sites for hydroxylation is 1. The van der Waals surface area contributed by atoms with Crippen molar-refractivity contribution >= 4 is 23.4 Å². The summed E-state index contributed by atoms with van der Waals surface area (Å²) < 4.78 is 1.39. The van der Waals surface area contributed by atoms with E-state index in [1.807, 2.05) is 0 Å². The van der Waals surface area contributed by atoms with E-state index in [1.165, 1.54) is 10.9 Å². The number of carbonyl (C=O) groups excluding carboxylic acids is 1. The van der Waals surface area contributed by atoms with Gasteiger partial charge in [0.05, 0.1) is 11.9 Å². The summed E-state index contributed by atoms with van der Waals surface area (Å²) in [5.74, 6) is 0. The highest BCUT2D eigenvalue weighted by Gasteiger charge is 2.09. The smallest absolute Gasteiger partial charge is 0.236 e. The molecule has 1 heterocycles. The fraction of sp³-hybridized carbons (Fsp3) is 0.200. The van der Waals surface area contributed by atoms with E-state index in [9.17, 15) is 4.79 Å². The van der Waals surface area contributed by atoms with E-state index in [2.05, 4.69) is 17.7 Å². The van der Waals surface area contributed by atoms with E-state index in [-0.39, 0.29) is 5.12 Å². The Balaban J connectivity index is 3.23. The Hall–Kier alpha value is -0.970. The molecule has 4 nitrogen and oxygen atoms in total. The zero-order valence-corrected chi connectivity index (χ0v) is 6.30. The Morgan fingerprint density at radius 1 is 1.90 bits per heavy atom. The van der Waals surface area contributed by atoms with Gasteiger partial charge >= 0.3 is 0 Å². The van der Waals surface area contributed by atoms with Gasteiger partial charge in [-0.2, -0.15) is 5.10 Å². The van der Waals surface area contributed by atoms with Gasteiger partial charge in [0.1, 0.15) is 5.69 Å². The molecule has 0 spiro atoms. The Morgan fingerprint density at radius 2 is 2.50 bits per heavy atom. The first kappa shape index (κ1) is 7.14. The third-order valence-corrected chi connectivity index (χ3v) is 1.38.